The minimum atomic E-state index is -4.16. The van der Waals surface area contributed by atoms with E-state index in [2.05, 4.69) is 15.9 Å². The van der Waals surface area contributed by atoms with Crippen LogP contribution in [0.2, 0.25) is 0 Å². The Labute approximate surface area is 92.9 Å². The molecule has 0 bridgehead atoms. The van der Waals surface area contributed by atoms with Crippen LogP contribution >= 0.6 is 15.9 Å². The smallest absolute Gasteiger partial charge is 0.336 e. The maximum Gasteiger partial charge on any atom is 0.336 e. The largest absolute Gasteiger partial charge is 0.478 e. The molecule has 15 heavy (non-hydrogen) atoms. The first-order valence-corrected chi connectivity index (χ1v) is 5.82. The van der Waals surface area contributed by atoms with Crippen LogP contribution in [0.1, 0.15) is 10.4 Å². The van der Waals surface area contributed by atoms with Crippen molar-refractivity contribution in [3.63, 3.8) is 0 Å². The molecule has 0 radical (unpaired) electrons. The van der Waals surface area contributed by atoms with Crippen molar-refractivity contribution >= 4 is 31.9 Å². The lowest BCUT2D eigenvalue weighted by Crippen LogP contribution is -2.15. The van der Waals surface area contributed by atoms with Crippen molar-refractivity contribution in [2.45, 2.75) is 4.90 Å². The second-order valence-corrected chi connectivity index (χ2v) is 4.94. The number of hydrogen-bond donors (Lipinski definition) is 2. The monoisotopic (exact) mass is 297 g/mol. The van der Waals surface area contributed by atoms with Gasteiger partial charge in [-0.2, -0.15) is 0 Å². The summed E-state index contributed by atoms with van der Waals surface area (Å²) < 4.78 is 34.6. The Balaban J connectivity index is 3.63. The Bertz CT molecular complexity index is 528. The second kappa shape index (κ2) is 3.87. The average molecular weight is 298 g/mol. The Kier molecular flexibility index (Phi) is 3.12. The van der Waals surface area contributed by atoms with Gasteiger partial charge in [-0.3, -0.25) is 0 Å². The average Bonchev–Trinajstić information content (AvgIpc) is 2.06. The van der Waals surface area contributed by atoms with Crippen LogP contribution in [0.5, 0.6) is 0 Å². The van der Waals surface area contributed by atoms with Gasteiger partial charge in [0, 0.05) is 0 Å². The van der Waals surface area contributed by atoms with Gasteiger partial charge in [-0.15, -0.1) is 0 Å². The maximum atomic E-state index is 12.9. The maximum absolute atomic E-state index is 12.9. The minimum Gasteiger partial charge on any atom is -0.478 e. The predicted octanol–water partition coefficient (Wildman–Crippen LogP) is 0.934. The molecule has 0 amide bonds. The summed E-state index contributed by atoms with van der Waals surface area (Å²) in [6.07, 6.45) is 0. The Morgan fingerprint density at radius 1 is 1.47 bits per heavy atom. The molecule has 0 spiro atoms. The molecule has 0 atom stereocenters. The second-order valence-electron chi connectivity index (χ2n) is 2.62. The summed E-state index contributed by atoms with van der Waals surface area (Å²) in [5, 5.41) is 13.4. The van der Waals surface area contributed by atoms with E-state index in [4.69, 9.17) is 10.2 Å². The number of primary sulfonamides is 1. The molecule has 0 aliphatic rings. The molecule has 0 saturated carbocycles. The van der Waals surface area contributed by atoms with Gasteiger partial charge >= 0.3 is 5.97 Å². The lowest BCUT2D eigenvalue weighted by atomic mass is 10.2. The van der Waals surface area contributed by atoms with E-state index in [1.54, 1.807) is 0 Å². The molecule has 3 N–H and O–H groups in total. The van der Waals surface area contributed by atoms with E-state index in [1.165, 1.54) is 0 Å². The Morgan fingerprint density at radius 2 is 2.00 bits per heavy atom. The molecule has 0 unspecified atom stereocenters. The van der Waals surface area contributed by atoms with Crippen LogP contribution in [0.15, 0.2) is 21.5 Å². The van der Waals surface area contributed by atoms with E-state index >= 15 is 0 Å². The van der Waals surface area contributed by atoms with Gasteiger partial charge < -0.3 is 5.11 Å². The fourth-order valence-corrected chi connectivity index (χ4v) is 2.64. The third kappa shape index (κ3) is 2.52. The van der Waals surface area contributed by atoms with Crippen molar-refractivity contribution in [1.82, 2.24) is 0 Å². The van der Waals surface area contributed by atoms with Crippen LogP contribution in [0.4, 0.5) is 4.39 Å². The van der Waals surface area contributed by atoms with Crippen molar-refractivity contribution in [2.24, 2.45) is 5.14 Å². The molecular formula is C7H5BrFNO4S. The number of carbonyl (C=O) groups is 1. The highest BCUT2D eigenvalue weighted by Crippen LogP contribution is 2.26. The predicted molar refractivity (Wildman–Crippen MR) is 52.4 cm³/mol. The van der Waals surface area contributed by atoms with Crippen molar-refractivity contribution in [2.75, 3.05) is 0 Å². The number of nitrogens with two attached hydrogens (primary N) is 1. The highest BCUT2D eigenvalue weighted by Gasteiger charge is 2.20. The van der Waals surface area contributed by atoms with E-state index in [0.29, 0.717) is 12.1 Å². The first-order chi connectivity index (χ1) is 6.73. The SMILES string of the molecule is NS(=O)(=O)c1cc(F)cc(C(=O)O)c1Br. The lowest BCUT2D eigenvalue weighted by molar-refractivity contribution is 0.0695. The van der Waals surface area contributed by atoms with Crippen LogP contribution in [-0.4, -0.2) is 19.5 Å². The summed E-state index contributed by atoms with van der Waals surface area (Å²) in [5.74, 6) is -2.44. The lowest BCUT2D eigenvalue weighted by Gasteiger charge is -2.05. The van der Waals surface area contributed by atoms with Crippen LogP contribution in [-0.2, 0) is 10.0 Å². The van der Waals surface area contributed by atoms with Gasteiger partial charge in [0.2, 0.25) is 10.0 Å². The highest BCUT2D eigenvalue weighted by molar-refractivity contribution is 9.10. The number of rotatable bonds is 2. The fraction of sp³-hybridized carbons (Fsp3) is 0. The van der Waals surface area contributed by atoms with Crippen molar-refractivity contribution < 1.29 is 22.7 Å². The zero-order chi connectivity index (χ0) is 11.8. The Hall–Kier alpha value is -0.990. The molecule has 0 aliphatic heterocycles. The fourth-order valence-electron chi connectivity index (χ4n) is 0.927. The first-order valence-electron chi connectivity index (χ1n) is 3.48. The molecule has 1 rings (SSSR count). The van der Waals surface area contributed by atoms with Crippen molar-refractivity contribution in [1.29, 1.82) is 0 Å². The number of sulfonamides is 1. The molecule has 0 heterocycles. The molecule has 8 heteroatoms. The number of halogens is 2. The number of aromatic carboxylic acids is 1. The van der Waals surface area contributed by atoms with Crippen LogP contribution in [0.3, 0.4) is 0 Å². The summed E-state index contributed by atoms with van der Waals surface area (Å²) in [6.45, 7) is 0. The molecule has 0 aromatic heterocycles. The van der Waals surface area contributed by atoms with Gasteiger partial charge in [0.25, 0.3) is 0 Å². The number of carboxylic acids is 1. The molecule has 0 saturated heterocycles. The Morgan fingerprint density at radius 3 is 2.40 bits per heavy atom. The zero-order valence-corrected chi connectivity index (χ0v) is 9.47. The zero-order valence-electron chi connectivity index (χ0n) is 7.07. The van der Waals surface area contributed by atoms with Gasteiger partial charge in [0.1, 0.15) is 5.82 Å². The number of benzene rings is 1. The molecule has 0 aliphatic carbocycles. The minimum absolute atomic E-state index is 0.265. The van der Waals surface area contributed by atoms with Crippen LogP contribution < -0.4 is 5.14 Å². The number of carboxylic acid groups (broad SMARTS) is 1. The van der Waals surface area contributed by atoms with Crippen molar-refractivity contribution in [3.05, 3.63) is 28.0 Å². The third-order valence-electron chi connectivity index (χ3n) is 1.54. The molecule has 1 aromatic rings. The summed E-state index contributed by atoms with van der Waals surface area (Å²) in [7, 11) is -4.16. The first kappa shape index (κ1) is 12.1. The van der Waals surface area contributed by atoms with Gasteiger partial charge in [0.05, 0.1) is 14.9 Å². The van der Waals surface area contributed by atoms with E-state index in [0.717, 1.165) is 0 Å². The van der Waals surface area contributed by atoms with E-state index < -0.39 is 32.3 Å². The molecule has 82 valence electrons. The summed E-state index contributed by atoms with van der Waals surface area (Å²) >= 11 is 2.75. The molecule has 0 fully saturated rings. The van der Waals surface area contributed by atoms with Gasteiger partial charge in [-0.1, -0.05) is 0 Å². The van der Waals surface area contributed by atoms with Gasteiger partial charge in [-0.25, -0.2) is 22.7 Å². The van der Waals surface area contributed by atoms with Crippen LogP contribution in [0.25, 0.3) is 0 Å². The normalized spacial score (nSPS) is 11.4. The van der Waals surface area contributed by atoms with Crippen molar-refractivity contribution in [3.8, 4) is 0 Å². The van der Waals surface area contributed by atoms with Gasteiger partial charge in [0.15, 0.2) is 0 Å². The summed E-state index contributed by atoms with van der Waals surface area (Å²) in [6, 6.07) is 1.34. The topological polar surface area (TPSA) is 97.5 Å². The number of hydrogen-bond acceptors (Lipinski definition) is 3. The van der Waals surface area contributed by atoms with E-state index in [-0.39, 0.29) is 4.47 Å². The quantitative estimate of drug-likeness (QED) is 0.848. The summed E-state index contributed by atoms with van der Waals surface area (Å²) in [4.78, 5) is 10.0. The molecule has 1 aromatic carbocycles. The van der Waals surface area contributed by atoms with E-state index in [9.17, 15) is 17.6 Å². The third-order valence-corrected chi connectivity index (χ3v) is 3.59. The highest BCUT2D eigenvalue weighted by atomic mass is 79.9. The molecular weight excluding hydrogens is 293 g/mol. The van der Waals surface area contributed by atoms with Crippen LogP contribution in [0, 0.1) is 5.82 Å². The standard InChI is InChI=1S/C7H5BrFNO4S/c8-6-4(7(11)12)1-3(9)2-5(6)15(10,13)14/h1-2H,(H,11,12)(H2,10,13,14). The summed E-state index contributed by atoms with van der Waals surface area (Å²) in [5.41, 5.74) is -0.501. The van der Waals surface area contributed by atoms with Gasteiger partial charge in [-0.05, 0) is 28.1 Å². The molecule has 5 nitrogen and oxygen atoms in total. The van der Waals surface area contributed by atoms with E-state index in [1.807, 2.05) is 0 Å².